The zero-order chi connectivity index (χ0) is 14.4. The van der Waals surface area contributed by atoms with Crippen LogP contribution < -0.4 is 11.3 Å². The monoisotopic (exact) mass is 280 g/mol. The predicted molar refractivity (Wildman–Crippen MR) is 71.3 cm³/mol. The molecule has 20 heavy (non-hydrogen) atoms. The van der Waals surface area contributed by atoms with E-state index in [2.05, 4.69) is 10.3 Å². The molecule has 8 heteroatoms. The fourth-order valence-electron chi connectivity index (χ4n) is 2.26. The van der Waals surface area contributed by atoms with Crippen molar-refractivity contribution < 1.29 is 9.59 Å². The van der Waals surface area contributed by atoms with E-state index in [1.165, 1.54) is 12.6 Å². The van der Waals surface area contributed by atoms with E-state index in [4.69, 9.17) is 5.84 Å². The summed E-state index contributed by atoms with van der Waals surface area (Å²) in [7, 11) is 0. The van der Waals surface area contributed by atoms with Gasteiger partial charge in [0, 0.05) is 19.5 Å². The van der Waals surface area contributed by atoms with Crippen molar-refractivity contribution in [2.24, 2.45) is 5.84 Å². The highest BCUT2D eigenvalue weighted by atomic mass is 16.2. The number of hydrogen-bond donors (Lipinski definition) is 2. The SMILES string of the molecule is NNC(=O)c1cn(CCN2CCCCCCC2=O)nn1. The summed E-state index contributed by atoms with van der Waals surface area (Å²) in [5, 5.41) is 7.57. The number of likely N-dealkylation sites (tertiary alicyclic amines) is 1. The first-order valence-corrected chi connectivity index (χ1v) is 6.89. The van der Waals surface area contributed by atoms with Gasteiger partial charge in [-0.25, -0.2) is 10.5 Å². The van der Waals surface area contributed by atoms with E-state index in [0.29, 0.717) is 19.5 Å². The van der Waals surface area contributed by atoms with Crippen LogP contribution in [-0.2, 0) is 11.3 Å². The number of nitrogens with one attached hydrogen (secondary N) is 1. The van der Waals surface area contributed by atoms with E-state index in [1.807, 2.05) is 10.3 Å². The lowest BCUT2D eigenvalue weighted by molar-refractivity contribution is -0.132. The Balaban J connectivity index is 1.88. The third-order valence-corrected chi connectivity index (χ3v) is 3.42. The molecular formula is C12H20N6O2. The average Bonchev–Trinajstić information content (AvgIpc) is 2.90. The maximum absolute atomic E-state index is 11.9. The van der Waals surface area contributed by atoms with E-state index >= 15 is 0 Å². The Morgan fingerprint density at radius 3 is 2.90 bits per heavy atom. The van der Waals surface area contributed by atoms with E-state index in [0.717, 1.165) is 25.8 Å². The minimum Gasteiger partial charge on any atom is -0.341 e. The van der Waals surface area contributed by atoms with Crippen LogP contribution in [-0.4, -0.2) is 44.8 Å². The first-order chi connectivity index (χ1) is 9.70. The molecule has 0 aromatic carbocycles. The smallest absolute Gasteiger partial charge is 0.287 e. The molecule has 0 saturated carbocycles. The quantitative estimate of drug-likeness (QED) is 0.446. The van der Waals surface area contributed by atoms with Crippen molar-refractivity contribution in [3.8, 4) is 0 Å². The Morgan fingerprint density at radius 1 is 1.30 bits per heavy atom. The second kappa shape index (κ2) is 6.99. The van der Waals surface area contributed by atoms with Gasteiger partial charge in [0.05, 0.1) is 12.7 Å². The van der Waals surface area contributed by atoms with Gasteiger partial charge in [-0.05, 0) is 12.8 Å². The largest absolute Gasteiger partial charge is 0.341 e. The predicted octanol–water partition coefficient (Wildman–Crippen LogP) is -0.326. The van der Waals surface area contributed by atoms with Crippen LogP contribution in [0.2, 0.25) is 0 Å². The van der Waals surface area contributed by atoms with E-state index in [1.54, 1.807) is 4.68 Å². The minimum absolute atomic E-state index is 0.173. The standard InChI is InChI=1S/C12H20N6O2/c13-14-12(20)10-9-18(16-15-10)8-7-17-6-4-2-1-3-5-11(17)19/h9H,1-8,13H2,(H,14,20). The van der Waals surface area contributed by atoms with E-state index in [9.17, 15) is 9.59 Å². The number of carbonyl (C=O) groups is 2. The van der Waals surface area contributed by atoms with Crippen molar-refractivity contribution in [1.29, 1.82) is 0 Å². The summed E-state index contributed by atoms with van der Waals surface area (Å²) in [5.74, 6) is 4.75. The molecule has 1 aliphatic heterocycles. The Labute approximate surface area is 117 Å². The molecule has 1 aromatic heterocycles. The molecule has 0 radical (unpaired) electrons. The van der Waals surface area contributed by atoms with Crippen molar-refractivity contribution in [2.45, 2.75) is 38.6 Å². The van der Waals surface area contributed by atoms with Crippen molar-refractivity contribution in [1.82, 2.24) is 25.3 Å². The van der Waals surface area contributed by atoms with Gasteiger partial charge in [0.15, 0.2) is 5.69 Å². The molecule has 0 aliphatic carbocycles. The van der Waals surface area contributed by atoms with Gasteiger partial charge in [0.25, 0.3) is 5.91 Å². The molecule has 2 rings (SSSR count). The third kappa shape index (κ3) is 3.77. The second-order valence-electron chi connectivity index (χ2n) is 4.89. The Kier molecular flexibility index (Phi) is 5.05. The van der Waals surface area contributed by atoms with Crippen LogP contribution in [0.25, 0.3) is 0 Å². The normalized spacial score (nSPS) is 16.6. The van der Waals surface area contributed by atoms with E-state index < -0.39 is 5.91 Å². The highest BCUT2D eigenvalue weighted by molar-refractivity contribution is 5.91. The van der Waals surface area contributed by atoms with Gasteiger partial charge in [-0.1, -0.05) is 18.1 Å². The Bertz CT molecular complexity index is 472. The van der Waals surface area contributed by atoms with Gasteiger partial charge in [0.1, 0.15) is 0 Å². The topological polar surface area (TPSA) is 106 Å². The van der Waals surface area contributed by atoms with Gasteiger partial charge in [0.2, 0.25) is 5.91 Å². The fraction of sp³-hybridized carbons (Fsp3) is 0.667. The summed E-state index contributed by atoms with van der Waals surface area (Å²) < 4.78 is 1.55. The summed E-state index contributed by atoms with van der Waals surface area (Å²) >= 11 is 0. The highest BCUT2D eigenvalue weighted by Gasteiger charge is 2.16. The molecule has 110 valence electrons. The third-order valence-electron chi connectivity index (χ3n) is 3.42. The molecule has 0 bridgehead atoms. The molecule has 2 heterocycles. The van der Waals surface area contributed by atoms with Gasteiger partial charge >= 0.3 is 0 Å². The summed E-state index contributed by atoms with van der Waals surface area (Å²) in [4.78, 5) is 25.1. The lowest BCUT2D eigenvalue weighted by Gasteiger charge is -2.24. The second-order valence-corrected chi connectivity index (χ2v) is 4.89. The number of nitrogens with zero attached hydrogens (tertiary/aromatic N) is 4. The van der Waals surface area contributed by atoms with Crippen molar-refractivity contribution in [2.75, 3.05) is 13.1 Å². The molecule has 1 fully saturated rings. The van der Waals surface area contributed by atoms with Gasteiger partial charge in [-0.2, -0.15) is 0 Å². The number of rotatable bonds is 4. The molecule has 0 spiro atoms. The van der Waals surface area contributed by atoms with Crippen molar-refractivity contribution >= 4 is 11.8 Å². The Morgan fingerprint density at radius 2 is 2.10 bits per heavy atom. The highest BCUT2D eigenvalue weighted by Crippen LogP contribution is 2.11. The summed E-state index contributed by atoms with van der Waals surface area (Å²) in [6.45, 7) is 1.91. The minimum atomic E-state index is -0.474. The molecular weight excluding hydrogens is 260 g/mol. The van der Waals surface area contributed by atoms with Crippen LogP contribution in [0.3, 0.4) is 0 Å². The van der Waals surface area contributed by atoms with E-state index in [-0.39, 0.29) is 11.6 Å². The lowest BCUT2D eigenvalue weighted by atomic mass is 10.1. The molecule has 3 N–H and O–H groups in total. The van der Waals surface area contributed by atoms with Crippen LogP contribution in [0.1, 0.15) is 42.6 Å². The number of hydrazine groups is 1. The van der Waals surface area contributed by atoms with Crippen LogP contribution in [0.5, 0.6) is 0 Å². The molecule has 1 saturated heterocycles. The van der Waals surface area contributed by atoms with Gasteiger partial charge in [-0.3, -0.25) is 15.0 Å². The molecule has 0 unspecified atom stereocenters. The maximum Gasteiger partial charge on any atom is 0.287 e. The number of hydrogen-bond acceptors (Lipinski definition) is 5. The molecule has 0 atom stereocenters. The number of nitrogens with two attached hydrogens (primary N) is 1. The first-order valence-electron chi connectivity index (χ1n) is 6.89. The Hall–Kier alpha value is -1.96. The lowest BCUT2D eigenvalue weighted by Crippen LogP contribution is -2.35. The first kappa shape index (κ1) is 14.4. The zero-order valence-electron chi connectivity index (χ0n) is 11.4. The number of nitrogen functional groups attached to an aromatic ring is 1. The molecule has 1 aliphatic rings. The van der Waals surface area contributed by atoms with Gasteiger partial charge in [-0.15, -0.1) is 5.10 Å². The average molecular weight is 280 g/mol. The zero-order valence-corrected chi connectivity index (χ0v) is 11.4. The number of amides is 2. The van der Waals surface area contributed by atoms with Crippen LogP contribution in [0.4, 0.5) is 0 Å². The van der Waals surface area contributed by atoms with Crippen LogP contribution in [0.15, 0.2) is 6.20 Å². The molecule has 8 nitrogen and oxygen atoms in total. The number of aromatic nitrogens is 3. The van der Waals surface area contributed by atoms with Crippen molar-refractivity contribution in [3.05, 3.63) is 11.9 Å². The van der Waals surface area contributed by atoms with Crippen molar-refractivity contribution in [3.63, 3.8) is 0 Å². The maximum atomic E-state index is 11.9. The summed E-state index contributed by atoms with van der Waals surface area (Å²) in [6, 6.07) is 0. The van der Waals surface area contributed by atoms with Gasteiger partial charge < -0.3 is 4.90 Å². The fourth-order valence-corrected chi connectivity index (χ4v) is 2.26. The summed E-state index contributed by atoms with van der Waals surface area (Å²) in [6.07, 6.45) is 6.48. The van der Waals surface area contributed by atoms with Crippen LogP contribution >= 0.6 is 0 Å². The molecule has 2 amide bonds. The van der Waals surface area contributed by atoms with Crippen LogP contribution in [0, 0.1) is 0 Å². The number of carbonyl (C=O) groups excluding carboxylic acids is 2. The molecule has 1 aromatic rings. The summed E-state index contributed by atoms with van der Waals surface area (Å²) in [5.41, 5.74) is 2.18.